The Kier molecular flexibility index (Phi) is 1.06. The third-order valence-electron chi connectivity index (χ3n) is 4.19. The Balaban J connectivity index is 1.99. The van der Waals surface area contributed by atoms with Crippen LogP contribution in [0.25, 0.3) is 0 Å². The number of hydrogen-bond donors (Lipinski definition) is 0. The lowest BCUT2D eigenvalue weighted by Crippen LogP contribution is -2.11. The lowest BCUT2D eigenvalue weighted by atomic mass is 9.92. The second-order valence-corrected chi connectivity index (χ2v) is 4.53. The van der Waals surface area contributed by atoms with E-state index in [2.05, 4.69) is 0 Å². The monoisotopic (exact) mass is 150 g/mol. The van der Waals surface area contributed by atoms with Crippen molar-refractivity contribution in [3.05, 3.63) is 0 Å². The van der Waals surface area contributed by atoms with E-state index in [0.717, 1.165) is 24.2 Å². The molecule has 0 saturated heterocycles. The zero-order valence-electron chi connectivity index (χ0n) is 6.75. The van der Waals surface area contributed by atoms with Crippen LogP contribution in [0, 0.1) is 23.7 Å². The molecule has 0 N–H and O–H groups in total. The highest BCUT2D eigenvalue weighted by atomic mass is 16.1. The van der Waals surface area contributed by atoms with E-state index in [9.17, 15) is 4.79 Å². The lowest BCUT2D eigenvalue weighted by Gasteiger charge is -2.11. The Hall–Kier alpha value is -0.330. The van der Waals surface area contributed by atoms with Gasteiger partial charge in [0.05, 0.1) is 0 Å². The second kappa shape index (κ2) is 1.88. The molecular formula is C10H14O. The zero-order valence-corrected chi connectivity index (χ0v) is 6.75. The van der Waals surface area contributed by atoms with Crippen LogP contribution in [-0.4, -0.2) is 5.78 Å². The molecular weight excluding hydrogens is 136 g/mol. The molecule has 4 atom stereocenters. The van der Waals surface area contributed by atoms with Crippen molar-refractivity contribution in [1.82, 2.24) is 0 Å². The Labute approximate surface area is 67.2 Å². The van der Waals surface area contributed by atoms with E-state index in [1.165, 1.54) is 25.7 Å². The van der Waals surface area contributed by atoms with Crippen LogP contribution in [0.3, 0.4) is 0 Å². The zero-order chi connectivity index (χ0) is 7.42. The summed E-state index contributed by atoms with van der Waals surface area (Å²) in [6.07, 6.45) is 6.31. The number of carbonyl (C=O) groups excluding carboxylic acids is 1. The maximum atomic E-state index is 11.4. The minimum absolute atomic E-state index is 0.521. The van der Waals surface area contributed by atoms with Crippen molar-refractivity contribution in [2.24, 2.45) is 23.7 Å². The molecule has 3 aliphatic carbocycles. The topological polar surface area (TPSA) is 17.1 Å². The van der Waals surface area contributed by atoms with Crippen LogP contribution in [-0.2, 0) is 4.79 Å². The Morgan fingerprint density at radius 2 is 1.73 bits per heavy atom. The summed E-state index contributed by atoms with van der Waals surface area (Å²) in [4.78, 5) is 11.4. The molecule has 1 nitrogen and oxygen atoms in total. The van der Waals surface area contributed by atoms with Gasteiger partial charge in [-0.1, -0.05) is 0 Å². The number of carbonyl (C=O) groups is 1. The Morgan fingerprint density at radius 3 is 2.64 bits per heavy atom. The summed E-state index contributed by atoms with van der Waals surface area (Å²) in [6.45, 7) is 0. The van der Waals surface area contributed by atoms with Crippen molar-refractivity contribution in [3.63, 3.8) is 0 Å². The summed E-state index contributed by atoms with van der Waals surface area (Å²) in [6, 6.07) is 0. The van der Waals surface area contributed by atoms with Crippen molar-refractivity contribution in [2.75, 3.05) is 0 Å². The fourth-order valence-corrected chi connectivity index (χ4v) is 3.80. The van der Waals surface area contributed by atoms with Gasteiger partial charge in [0, 0.05) is 12.3 Å². The summed E-state index contributed by atoms with van der Waals surface area (Å²) in [5.41, 5.74) is 0. The van der Waals surface area contributed by atoms with E-state index in [1.807, 2.05) is 0 Å². The highest BCUT2D eigenvalue weighted by molar-refractivity contribution is 5.84. The normalized spacial score (nSPS) is 53.6. The van der Waals surface area contributed by atoms with Gasteiger partial charge in [-0.3, -0.25) is 4.79 Å². The highest BCUT2D eigenvalue weighted by Gasteiger charge is 2.52. The number of Topliss-reactive ketones (excluding diaryl/α,β-unsaturated/α-hetero) is 1. The molecule has 0 radical (unpaired) electrons. The van der Waals surface area contributed by atoms with Crippen molar-refractivity contribution in [2.45, 2.75) is 32.1 Å². The first-order valence-electron chi connectivity index (χ1n) is 4.89. The third-order valence-corrected chi connectivity index (χ3v) is 4.19. The van der Waals surface area contributed by atoms with Gasteiger partial charge in [-0.05, 0) is 43.4 Å². The number of rotatable bonds is 0. The van der Waals surface area contributed by atoms with E-state index in [-0.39, 0.29) is 0 Å². The first-order valence-corrected chi connectivity index (χ1v) is 4.89. The molecule has 3 aliphatic rings. The molecule has 0 aromatic rings. The maximum absolute atomic E-state index is 11.4. The Morgan fingerprint density at radius 1 is 1.00 bits per heavy atom. The van der Waals surface area contributed by atoms with Gasteiger partial charge in [0.2, 0.25) is 0 Å². The van der Waals surface area contributed by atoms with Gasteiger partial charge < -0.3 is 0 Å². The molecule has 0 aliphatic heterocycles. The molecule has 3 saturated carbocycles. The van der Waals surface area contributed by atoms with E-state index in [1.54, 1.807) is 0 Å². The first kappa shape index (κ1) is 6.22. The van der Waals surface area contributed by atoms with Crippen LogP contribution < -0.4 is 0 Å². The van der Waals surface area contributed by atoms with Gasteiger partial charge in [0.1, 0.15) is 5.78 Å². The van der Waals surface area contributed by atoms with Crippen molar-refractivity contribution < 1.29 is 4.79 Å². The molecule has 0 aromatic heterocycles. The minimum Gasteiger partial charge on any atom is -0.299 e. The average molecular weight is 150 g/mol. The molecule has 0 bridgehead atoms. The van der Waals surface area contributed by atoms with Crippen molar-refractivity contribution in [1.29, 1.82) is 0 Å². The van der Waals surface area contributed by atoms with E-state index >= 15 is 0 Å². The van der Waals surface area contributed by atoms with Gasteiger partial charge in [-0.15, -0.1) is 0 Å². The van der Waals surface area contributed by atoms with E-state index in [4.69, 9.17) is 0 Å². The largest absolute Gasteiger partial charge is 0.299 e. The molecule has 0 heterocycles. The quantitative estimate of drug-likeness (QED) is 0.516. The molecule has 3 fully saturated rings. The van der Waals surface area contributed by atoms with Crippen LogP contribution in [0.15, 0.2) is 0 Å². The van der Waals surface area contributed by atoms with Crippen molar-refractivity contribution >= 4 is 5.78 Å². The summed E-state index contributed by atoms with van der Waals surface area (Å²) in [5, 5.41) is 0. The first-order chi connectivity index (χ1) is 5.36. The van der Waals surface area contributed by atoms with Crippen LogP contribution in [0.4, 0.5) is 0 Å². The predicted octanol–water partition coefficient (Wildman–Crippen LogP) is 2.01. The van der Waals surface area contributed by atoms with Crippen LogP contribution in [0.1, 0.15) is 32.1 Å². The van der Waals surface area contributed by atoms with Crippen LogP contribution >= 0.6 is 0 Å². The van der Waals surface area contributed by atoms with Crippen LogP contribution in [0.5, 0.6) is 0 Å². The average Bonchev–Trinajstić information content (AvgIpc) is 2.53. The lowest BCUT2D eigenvalue weighted by molar-refractivity contribution is -0.121. The van der Waals surface area contributed by atoms with Gasteiger partial charge in [0.15, 0.2) is 0 Å². The summed E-state index contributed by atoms with van der Waals surface area (Å²) >= 11 is 0. The number of ketones is 1. The fraction of sp³-hybridized carbons (Fsp3) is 0.900. The van der Waals surface area contributed by atoms with Gasteiger partial charge in [0.25, 0.3) is 0 Å². The summed E-state index contributed by atoms with van der Waals surface area (Å²) < 4.78 is 0. The molecule has 0 spiro atoms. The SMILES string of the molecule is O=C1CC2CCC3CCC1[C@@H]32. The van der Waals surface area contributed by atoms with Gasteiger partial charge in [-0.2, -0.15) is 0 Å². The molecule has 3 unspecified atom stereocenters. The third kappa shape index (κ3) is 0.646. The molecule has 0 aromatic carbocycles. The standard InChI is InChI=1S/C10H14O/c11-9-5-7-2-1-6-3-4-8(9)10(6)7/h6-8,10H,1-5H2/t6?,7?,8?,10-/m0/s1. The highest BCUT2D eigenvalue weighted by Crippen LogP contribution is 2.56. The molecule has 1 heteroatoms. The van der Waals surface area contributed by atoms with Crippen molar-refractivity contribution in [3.8, 4) is 0 Å². The molecule has 60 valence electrons. The van der Waals surface area contributed by atoms with Crippen LogP contribution in [0.2, 0.25) is 0 Å². The molecule has 0 amide bonds. The molecule has 3 rings (SSSR count). The van der Waals surface area contributed by atoms with Gasteiger partial charge >= 0.3 is 0 Å². The summed E-state index contributed by atoms with van der Waals surface area (Å²) in [5.74, 6) is 3.74. The van der Waals surface area contributed by atoms with E-state index < -0.39 is 0 Å². The smallest absolute Gasteiger partial charge is 0.136 e. The predicted molar refractivity (Wildman–Crippen MR) is 42.1 cm³/mol. The van der Waals surface area contributed by atoms with Gasteiger partial charge in [-0.25, -0.2) is 0 Å². The Bertz CT molecular complexity index is 209. The second-order valence-electron chi connectivity index (χ2n) is 4.53. The van der Waals surface area contributed by atoms with E-state index in [0.29, 0.717) is 11.7 Å². The molecule has 11 heavy (non-hydrogen) atoms. The summed E-state index contributed by atoms with van der Waals surface area (Å²) in [7, 11) is 0. The maximum Gasteiger partial charge on any atom is 0.136 e. The minimum atomic E-state index is 0.521. The fourth-order valence-electron chi connectivity index (χ4n) is 3.80. The number of hydrogen-bond acceptors (Lipinski definition) is 1.